The number of ether oxygens (including phenoxy) is 1. The van der Waals surface area contributed by atoms with Crippen molar-refractivity contribution in [3.8, 4) is 5.75 Å². The molecule has 242 valence electrons. The first-order valence-corrected chi connectivity index (χ1v) is 17.0. The fourth-order valence-corrected chi connectivity index (χ4v) is 6.57. The highest BCUT2D eigenvalue weighted by Crippen LogP contribution is 2.27. The van der Waals surface area contributed by atoms with Crippen molar-refractivity contribution in [3.63, 3.8) is 0 Å². The third-order valence-corrected chi connectivity index (χ3v) is 9.51. The highest BCUT2D eigenvalue weighted by molar-refractivity contribution is 7.92. The van der Waals surface area contributed by atoms with Crippen molar-refractivity contribution in [1.82, 2.24) is 10.2 Å². The van der Waals surface area contributed by atoms with Crippen molar-refractivity contribution in [2.75, 3.05) is 24.5 Å². The Morgan fingerprint density at radius 3 is 2.09 bits per heavy atom. The molecule has 0 heterocycles. The van der Waals surface area contributed by atoms with Gasteiger partial charge in [-0.3, -0.25) is 13.9 Å². The predicted octanol–water partition coefficient (Wildman–Crippen LogP) is 6.61. The first-order chi connectivity index (χ1) is 22.0. The monoisotopic (exact) mass is 681 g/mol. The zero-order valence-electron chi connectivity index (χ0n) is 25.9. The van der Waals surface area contributed by atoms with E-state index in [0.29, 0.717) is 27.9 Å². The number of halogens is 2. The van der Waals surface area contributed by atoms with E-state index in [2.05, 4.69) is 5.32 Å². The number of benzene rings is 4. The molecule has 1 N–H and O–H groups in total. The van der Waals surface area contributed by atoms with E-state index < -0.39 is 28.5 Å². The SMILES string of the molecule is COc1ccc(S(=O)(=O)N(CC(=O)N(Cc2cccc(Cl)c2)C(Cc2ccccc2)C(=O)NCC(C)C)c2ccc(Cl)cc2)cc1. The second-order valence-corrected chi connectivity index (χ2v) is 13.9. The van der Waals surface area contributed by atoms with Crippen LogP contribution in [0, 0.1) is 5.92 Å². The number of amides is 2. The van der Waals surface area contributed by atoms with E-state index in [9.17, 15) is 18.0 Å². The molecule has 0 bridgehead atoms. The summed E-state index contributed by atoms with van der Waals surface area (Å²) >= 11 is 12.4. The van der Waals surface area contributed by atoms with Gasteiger partial charge in [-0.05, 0) is 77.7 Å². The van der Waals surface area contributed by atoms with Gasteiger partial charge in [-0.2, -0.15) is 0 Å². The van der Waals surface area contributed by atoms with Crippen LogP contribution in [-0.2, 0) is 32.6 Å². The zero-order valence-corrected chi connectivity index (χ0v) is 28.2. The third-order valence-electron chi connectivity index (χ3n) is 7.24. The van der Waals surface area contributed by atoms with Crippen molar-refractivity contribution in [1.29, 1.82) is 0 Å². The van der Waals surface area contributed by atoms with E-state index in [1.165, 1.54) is 48.4 Å². The van der Waals surface area contributed by atoms with Gasteiger partial charge in [-0.15, -0.1) is 0 Å². The summed E-state index contributed by atoms with van der Waals surface area (Å²) in [4.78, 5) is 29.7. The number of methoxy groups -OCH3 is 1. The maximum absolute atomic E-state index is 14.5. The van der Waals surface area contributed by atoms with Crippen LogP contribution in [0.4, 0.5) is 5.69 Å². The maximum Gasteiger partial charge on any atom is 0.264 e. The summed E-state index contributed by atoms with van der Waals surface area (Å²) in [6.07, 6.45) is 0.212. The second kappa shape index (κ2) is 16.0. The predicted molar refractivity (Wildman–Crippen MR) is 183 cm³/mol. The Hall–Kier alpha value is -4.05. The number of anilines is 1. The van der Waals surface area contributed by atoms with Crippen LogP contribution < -0.4 is 14.4 Å². The molecule has 0 aliphatic rings. The van der Waals surface area contributed by atoms with E-state index in [1.54, 1.807) is 30.3 Å². The van der Waals surface area contributed by atoms with Gasteiger partial charge in [0.15, 0.2) is 0 Å². The van der Waals surface area contributed by atoms with Crippen molar-refractivity contribution >= 4 is 50.7 Å². The molecule has 2 amide bonds. The summed E-state index contributed by atoms with van der Waals surface area (Å²) in [6, 6.07) is 27.5. The van der Waals surface area contributed by atoms with Gasteiger partial charge in [0.05, 0.1) is 17.7 Å². The molecule has 4 rings (SSSR count). The minimum absolute atomic E-state index is 0.0169. The molecule has 11 heteroatoms. The lowest BCUT2D eigenvalue weighted by Gasteiger charge is -2.34. The minimum atomic E-state index is -4.26. The summed E-state index contributed by atoms with van der Waals surface area (Å²) in [5, 5.41) is 3.85. The van der Waals surface area contributed by atoms with Crippen LogP contribution in [0.2, 0.25) is 10.0 Å². The van der Waals surface area contributed by atoms with Crippen LogP contribution in [0.15, 0.2) is 108 Å². The molecule has 4 aromatic rings. The number of sulfonamides is 1. The van der Waals surface area contributed by atoms with Gasteiger partial charge in [0.25, 0.3) is 10.0 Å². The lowest BCUT2D eigenvalue weighted by atomic mass is 10.0. The molecular formula is C35H37Cl2N3O5S. The molecule has 0 spiro atoms. The number of carbonyl (C=O) groups excluding carboxylic acids is 2. The van der Waals surface area contributed by atoms with Gasteiger partial charge in [0.2, 0.25) is 11.8 Å². The topological polar surface area (TPSA) is 96.0 Å². The van der Waals surface area contributed by atoms with Gasteiger partial charge in [0, 0.05) is 29.6 Å². The quantitative estimate of drug-likeness (QED) is 0.162. The standard InChI is InChI=1S/C35H37Cl2N3O5S/c1-25(2)22-38-35(42)33(21-26-8-5-4-6-9-26)39(23-27-10-7-11-29(37)20-27)34(41)24-40(30-14-12-28(36)13-15-30)46(43,44)32-18-16-31(45-3)17-19-32/h4-20,25,33H,21-24H2,1-3H3,(H,38,42). The number of hydrogen-bond acceptors (Lipinski definition) is 5. The molecule has 0 aliphatic carbocycles. The van der Waals surface area contributed by atoms with Crippen molar-refractivity contribution in [2.24, 2.45) is 5.92 Å². The number of rotatable bonds is 14. The number of nitrogens with one attached hydrogen (secondary N) is 1. The summed E-state index contributed by atoms with van der Waals surface area (Å²) in [5.41, 5.74) is 1.77. The first-order valence-electron chi connectivity index (χ1n) is 14.8. The Balaban J connectivity index is 1.79. The number of hydrogen-bond donors (Lipinski definition) is 1. The van der Waals surface area contributed by atoms with Crippen LogP contribution >= 0.6 is 23.2 Å². The fraction of sp³-hybridized carbons (Fsp3) is 0.257. The Kier molecular flexibility index (Phi) is 12.1. The molecule has 1 unspecified atom stereocenters. The van der Waals surface area contributed by atoms with Crippen molar-refractivity contribution in [3.05, 3.63) is 124 Å². The Morgan fingerprint density at radius 2 is 1.48 bits per heavy atom. The molecule has 0 saturated carbocycles. The average Bonchev–Trinajstić information content (AvgIpc) is 3.05. The van der Waals surface area contributed by atoms with Crippen LogP contribution in [0.25, 0.3) is 0 Å². The third kappa shape index (κ3) is 9.25. The van der Waals surface area contributed by atoms with Crippen molar-refractivity contribution < 1.29 is 22.7 Å². The summed E-state index contributed by atoms with van der Waals surface area (Å²) in [7, 11) is -2.77. The molecular weight excluding hydrogens is 645 g/mol. The Morgan fingerprint density at radius 1 is 0.826 bits per heavy atom. The summed E-state index contributed by atoms with van der Waals surface area (Å²) in [6.45, 7) is 3.80. The van der Waals surface area contributed by atoms with E-state index in [0.717, 1.165) is 9.87 Å². The molecule has 1 atom stereocenters. The molecule has 8 nitrogen and oxygen atoms in total. The molecule has 0 radical (unpaired) electrons. The minimum Gasteiger partial charge on any atom is -0.497 e. The fourth-order valence-electron chi connectivity index (χ4n) is 4.82. The van der Waals surface area contributed by atoms with Gasteiger partial charge in [-0.1, -0.05) is 79.5 Å². The largest absolute Gasteiger partial charge is 0.497 e. The van der Waals surface area contributed by atoms with Crippen molar-refractivity contribution in [2.45, 2.75) is 37.8 Å². The molecule has 0 saturated heterocycles. The molecule has 0 aromatic heterocycles. The zero-order chi connectivity index (χ0) is 33.3. The van der Waals surface area contributed by atoms with Gasteiger partial charge in [0.1, 0.15) is 18.3 Å². The van der Waals surface area contributed by atoms with Gasteiger partial charge >= 0.3 is 0 Å². The maximum atomic E-state index is 14.5. The van der Waals surface area contributed by atoms with Crippen LogP contribution in [0.3, 0.4) is 0 Å². The van der Waals surface area contributed by atoms with Gasteiger partial charge in [-0.25, -0.2) is 8.42 Å². The van der Waals surface area contributed by atoms with Gasteiger partial charge < -0.3 is 15.0 Å². The number of nitrogens with zero attached hydrogens (tertiary/aromatic N) is 2. The number of carbonyl (C=O) groups is 2. The van der Waals surface area contributed by atoms with Crippen LogP contribution in [-0.4, -0.2) is 51.4 Å². The van der Waals surface area contributed by atoms with E-state index in [4.69, 9.17) is 27.9 Å². The second-order valence-electron chi connectivity index (χ2n) is 11.2. The molecule has 46 heavy (non-hydrogen) atoms. The smallest absolute Gasteiger partial charge is 0.264 e. The molecule has 4 aromatic carbocycles. The van der Waals surface area contributed by atoms with Crippen LogP contribution in [0.1, 0.15) is 25.0 Å². The lowest BCUT2D eigenvalue weighted by Crippen LogP contribution is -2.53. The lowest BCUT2D eigenvalue weighted by molar-refractivity contribution is -0.140. The summed E-state index contributed by atoms with van der Waals surface area (Å²) in [5.74, 6) is -0.262. The average molecular weight is 683 g/mol. The van der Waals surface area contributed by atoms with Crippen LogP contribution in [0.5, 0.6) is 5.75 Å². The Bertz CT molecular complexity index is 1720. The first kappa shape index (κ1) is 34.8. The summed E-state index contributed by atoms with van der Waals surface area (Å²) < 4.78 is 34.5. The highest BCUT2D eigenvalue weighted by Gasteiger charge is 2.34. The normalized spacial score (nSPS) is 12.0. The highest BCUT2D eigenvalue weighted by atomic mass is 35.5. The molecule has 0 fully saturated rings. The Labute approximate surface area is 280 Å². The molecule has 0 aliphatic heterocycles. The van der Waals surface area contributed by atoms with E-state index >= 15 is 0 Å². The van der Waals surface area contributed by atoms with E-state index in [1.807, 2.05) is 50.2 Å². The van der Waals surface area contributed by atoms with E-state index in [-0.39, 0.29) is 35.4 Å².